The van der Waals surface area contributed by atoms with Gasteiger partial charge in [0.05, 0.1) is 12.7 Å². The van der Waals surface area contributed by atoms with Crippen LogP contribution in [0.3, 0.4) is 0 Å². The van der Waals surface area contributed by atoms with Crippen molar-refractivity contribution >= 4 is 5.65 Å². The van der Waals surface area contributed by atoms with Crippen LogP contribution in [-0.4, -0.2) is 31.8 Å². The predicted molar refractivity (Wildman–Crippen MR) is 69.6 cm³/mol. The van der Waals surface area contributed by atoms with Crippen LogP contribution in [0.25, 0.3) is 5.65 Å². The van der Waals surface area contributed by atoms with E-state index in [1.54, 1.807) is 18.6 Å². The molecule has 1 unspecified atom stereocenters. The fourth-order valence-corrected chi connectivity index (χ4v) is 1.98. The molecule has 0 aromatic carbocycles. The number of hydrogen-bond donors (Lipinski definition) is 1. The summed E-state index contributed by atoms with van der Waals surface area (Å²) in [5.41, 5.74) is 0.474. The fraction of sp³-hybridized carbons (Fsp3) is 0.583. The molecule has 2 aromatic heterocycles. The van der Waals surface area contributed by atoms with Crippen molar-refractivity contribution in [2.75, 3.05) is 6.54 Å². The molecular formula is C12H19N5O. The quantitative estimate of drug-likeness (QED) is 0.817. The lowest BCUT2D eigenvalue weighted by molar-refractivity contribution is 0.467. The fourth-order valence-electron chi connectivity index (χ4n) is 1.98. The number of hydrogen-bond acceptors (Lipinski definition) is 4. The number of nitrogens with zero attached hydrogens (tertiary/aromatic N) is 4. The van der Waals surface area contributed by atoms with Crippen LogP contribution in [-0.2, 0) is 6.54 Å². The molecule has 2 heterocycles. The van der Waals surface area contributed by atoms with Gasteiger partial charge in [0.25, 0.3) is 0 Å². The third kappa shape index (κ3) is 2.76. The zero-order chi connectivity index (χ0) is 13.0. The topological polar surface area (TPSA) is 64.2 Å². The van der Waals surface area contributed by atoms with Gasteiger partial charge in [-0.25, -0.2) is 13.9 Å². The highest BCUT2D eigenvalue weighted by atomic mass is 16.2. The van der Waals surface area contributed by atoms with Gasteiger partial charge in [-0.2, -0.15) is 0 Å². The minimum atomic E-state index is -0.114. The Kier molecular flexibility index (Phi) is 4.09. The molecule has 0 radical (unpaired) electrons. The molecule has 1 atom stereocenters. The summed E-state index contributed by atoms with van der Waals surface area (Å²) in [4.78, 5) is 15.9. The van der Waals surface area contributed by atoms with Crippen LogP contribution in [0, 0.1) is 0 Å². The van der Waals surface area contributed by atoms with Crippen LogP contribution in [0.5, 0.6) is 0 Å². The normalized spacial score (nSPS) is 13.0. The van der Waals surface area contributed by atoms with E-state index in [2.05, 4.69) is 29.2 Å². The second-order valence-corrected chi connectivity index (χ2v) is 4.45. The Morgan fingerprint density at radius 2 is 2.33 bits per heavy atom. The van der Waals surface area contributed by atoms with Crippen LogP contribution in [0.2, 0.25) is 0 Å². The van der Waals surface area contributed by atoms with E-state index >= 15 is 0 Å². The molecule has 6 heteroatoms. The summed E-state index contributed by atoms with van der Waals surface area (Å²) in [5, 5.41) is 7.60. The van der Waals surface area contributed by atoms with Crippen molar-refractivity contribution < 1.29 is 0 Å². The molecule has 98 valence electrons. The number of rotatable bonds is 6. The Morgan fingerprint density at radius 3 is 3.06 bits per heavy atom. The molecule has 0 saturated carbocycles. The molecule has 0 aliphatic carbocycles. The Labute approximate surface area is 106 Å². The van der Waals surface area contributed by atoms with Crippen molar-refractivity contribution in [2.24, 2.45) is 0 Å². The average molecular weight is 249 g/mol. The van der Waals surface area contributed by atoms with Gasteiger partial charge in [0.1, 0.15) is 0 Å². The molecule has 2 aromatic rings. The van der Waals surface area contributed by atoms with E-state index in [0.717, 1.165) is 19.4 Å². The van der Waals surface area contributed by atoms with E-state index in [-0.39, 0.29) is 5.69 Å². The minimum Gasteiger partial charge on any atom is -0.312 e. The molecule has 0 aliphatic heterocycles. The molecule has 2 rings (SSSR count). The molecular weight excluding hydrogens is 230 g/mol. The SMILES string of the molecule is CCCC(C)NCCn1nc2cnccn2c1=O. The Balaban J connectivity index is 2.00. The summed E-state index contributed by atoms with van der Waals surface area (Å²) in [6, 6.07) is 0.476. The Bertz CT molecular complexity index is 559. The number of fused-ring (bicyclic) bond motifs is 1. The molecule has 18 heavy (non-hydrogen) atoms. The monoisotopic (exact) mass is 249 g/mol. The van der Waals surface area contributed by atoms with Crippen LogP contribution in [0.4, 0.5) is 0 Å². The summed E-state index contributed by atoms with van der Waals surface area (Å²) >= 11 is 0. The second kappa shape index (κ2) is 5.77. The highest BCUT2D eigenvalue weighted by Gasteiger charge is 2.06. The zero-order valence-electron chi connectivity index (χ0n) is 10.8. The zero-order valence-corrected chi connectivity index (χ0v) is 10.8. The van der Waals surface area contributed by atoms with Gasteiger partial charge in [-0.15, -0.1) is 5.10 Å². The first-order valence-electron chi connectivity index (χ1n) is 6.35. The van der Waals surface area contributed by atoms with Crippen LogP contribution >= 0.6 is 0 Å². The van der Waals surface area contributed by atoms with Gasteiger partial charge in [0.15, 0.2) is 5.65 Å². The largest absolute Gasteiger partial charge is 0.350 e. The highest BCUT2D eigenvalue weighted by Crippen LogP contribution is 1.95. The summed E-state index contributed by atoms with van der Waals surface area (Å²) < 4.78 is 2.98. The third-order valence-electron chi connectivity index (χ3n) is 2.93. The first-order valence-corrected chi connectivity index (χ1v) is 6.35. The summed E-state index contributed by atoms with van der Waals surface area (Å²) in [6.07, 6.45) is 7.11. The Morgan fingerprint density at radius 1 is 1.50 bits per heavy atom. The molecule has 1 N–H and O–H groups in total. The summed E-state index contributed by atoms with van der Waals surface area (Å²) in [5.74, 6) is 0. The maximum absolute atomic E-state index is 11.9. The van der Waals surface area contributed by atoms with Crippen molar-refractivity contribution in [3.8, 4) is 0 Å². The lowest BCUT2D eigenvalue weighted by Gasteiger charge is -2.11. The van der Waals surface area contributed by atoms with Crippen molar-refractivity contribution in [1.82, 2.24) is 24.5 Å². The van der Waals surface area contributed by atoms with Crippen LogP contribution in [0.1, 0.15) is 26.7 Å². The Hall–Kier alpha value is -1.69. The smallest absolute Gasteiger partial charge is 0.312 e. The predicted octanol–water partition coefficient (Wildman–Crippen LogP) is 0.669. The van der Waals surface area contributed by atoms with E-state index in [1.807, 2.05) is 0 Å². The van der Waals surface area contributed by atoms with Crippen molar-refractivity contribution in [1.29, 1.82) is 0 Å². The van der Waals surface area contributed by atoms with Crippen LogP contribution < -0.4 is 11.0 Å². The highest BCUT2D eigenvalue weighted by molar-refractivity contribution is 5.31. The number of nitrogens with one attached hydrogen (secondary N) is 1. The van der Waals surface area contributed by atoms with Crippen molar-refractivity contribution in [2.45, 2.75) is 39.3 Å². The van der Waals surface area contributed by atoms with Gasteiger partial charge in [0, 0.05) is 25.0 Å². The number of aromatic nitrogens is 4. The molecule has 0 spiro atoms. The lowest BCUT2D eigenvalue weighted by Crippen LogP contribution is -2.32. The minimum absolute atomic E-state index is 0.114. The summed E-state index contributed by atoms with van der Waals surface area (Å²) in [6.45, 7) is 5.64. The van der Waals surface area contributed by atoms with E-state index in [0.29, 0.717) is 18.2 Å². The van der Waals surface area contributed by atoms with E-state index < -0.39 is 0 Å². The van der Waals surface area contributed by atoms with E-state index in [9.17, 15) is 4.79 Å². The summed E-state index contributed by atoms with van der Waals surface area (Å²) in [7, 11) is 0. The second-order valence-electron chi connectivity index (χ2n) is 4.45. The van der Waals surface area contributed by atoms with Crippen molar-refractivity contribution in [3.63, 3.8) is 0 Å². The molecule has 0 fully saturated rings. The van der Waals surface area contributed by atoms with E-state index in [1.165, 1.54) is 9.08 Å². The van der Waals surface area contributed by atoms with Gasteiger partial charge in [0.2, 0.25) is 0 Å². The first-order chi connectivity index (χ1) is 8.72. The van der Waals surface area contributed by atoms with Gasteiger partial charge in [-0.1, -0.05) is 13.3 Å². The third-order valence-corrected chi connectivity index (χ3v) is 2.93. The lowest BCUT2D eigenvalue weighted by atomic mass is 10.2. The first kappa shape index (κ1) is 12.8. The standard InChI is InChI=1S/C12H19N5O/c1-3-4-10(2)14-6-8-17-12(18)16-7-5-13-9-11(16)15-17/h5,7,9-10,14H,3-4,6,8H2,1-2H3. The average Bonchev–Trinajstić information content (AvgIpc) is 2.68. The molecule has 0 aliphatic rings. The maximum atomic E-state index is 11.9. The van der Waals surface area contributed by atoms with Gasteiger partial charge < -0.3 is 5.32 Å². The van der Waals surface area contributed by atoms with Crippen LogP contribution in [0.15, 0.2) is 23.4 Å². The van der Waals surface area contributed by atoms with Gasteiger partial charge in [-0.05, 0) is 13.3 Å². The van der Waals surface area contributed by atoms with E-state index in [4.69, 9.17) is 0 Å². The molecule has 0 bridgehead atoms. The molecule has 0 amide bonds. The molecule has 6 nitrogen and oxygen atoms in total. The van der Waals surface area contributed by atoms with Crippen molar-refractivity contribution in [3.05, 3.63) is 29.1 Å². The van der Waals surface area contributed by atoms with Gasteiger partial charge in [-0.3, -0.25) is 4.98 Å². The molecule has 0 saturated heterocycles. The maximum Gasteiger partial charge on any atom is 0.350 e. The van der Waals surface area contributed by atoms with Gasteiger partial charge >= 0.3 is 5.69 Å².